The van der Waals surface area contributed by atoms with Crippen molar-refractivity contribution in [1.82, 2.24) is 10.6 Å². The zero-order valence-electron chi connectivity index (χ0n) is 10.6. The molecular formula is C13H16N2O4. The maximum Gasteiger partial charge on any atom is 0.408 e. The second-order valence-electron chi connectivity index (χ2n) is 3.89. The lowest BCUT2D eigenvalue weighted by Gasteiger charge is -2.13. The molecular weight excluding hydrogens is 248 g/mol. The van der Waals surface area contributed by atoms with Crippen molar-refractivity contribution in [3.8, 4) is 0 Å². The molecule has 1 atom stereocenters. The highest BCUT2D eigenvalue weighted by Crippen LogP contribution is 2.00. The average Bonchev–Trinajstić information content (AvgIpc) is 2.42. The maximum atomic E-state index is 11.4. The predicted molar refractivity (Wildman–Crippen MR) is 68.3 cm³/mol. The number of carbonyl (C=O) groups is 3. The standard InChI is InChI=1S/C13H16N2O4/c1-10(17)14-7-12(8-16)15-13(18)19-9-11-5-3-2-4-6-11/h2-6,8,12H,7,9H2,1H3,(H,14,17)(H,15,18). The molecule has 6 heteroatoms. The van der Waals surface area contributed by atoms with Crippen molar-refractivity contribution in [1.29, 1.82) is 0 Å². The molecule has 0 aliphatic rings. The van der Waals surface area contributed by atoms with Crippen LogP contribution in [0, 0.1) is 0 Å². The first-order valence-electron chi connectivity index (χ1n) is 5.78. The Morgan fingerprint density at radius 2 is 2.00 bits per heavy atom. The van der Waals surface area contributed by atoms with Gasteiger partial charge in [-0.25, -0.2) is 4.79 Å². The molecule has 0 saturated carbocycles. The van der Waals surface area contributed by atoms with E-state index in [-0.39, 0.29) is 19.1 Å². The molecule has 0 aliphatic heterocycles. The summed E-state index contributed by atoms with van der Waals surface area (Å²) in [6.45, 7) is 1.49. The highest BCUT2D eigenvalue weighted by molar-refractivity contribution is 5.76. The van der Waals surface area contributed by atoms with E-state index in [1.165, 1.54) is 6.92 Å². The predicted octanol–water partition coefficient (Wildman–Crippen LogP) is 0.616. The topological polar surface area (TPSA) is 84.5 Å². The lowest BCUT2D eigenvalue weighted by atomic mass is 10.2. The maximum absolute atomic E-state index is 11.4. The first-order chi connectivity index (χ1) is 9.11. The molecule has 0 heterocycles. The molecule has 0 bridgehead atoms. The molecule has 6 nitrogen and oxygen atoms in total. The Bertz CT molecular complexity index is 434. The largest absolute Gasteiger partial charge is 0.445 e. The normalized spacial score (nSPS) is 11.2. The molecule has 0 radical (unpaired) electrons. The van der Waals surface area contributed by atoms with Gasteiger partial charge in [-0.3, -0.25) is 4.79 Å². The van der Waals surface area contributed by atoms with Crippen LogP contribution >= 0.6 is 0 Å². The van der Waals surface area contributed by atoms with Gasteiger partial charge in [-0.05, 0) is 5.56 Å². The van der Waals surface area contributed by atoms with Gasteiger partial charge in [-0.1, -0.05) is 30.3 Å². The second kappa shape index (κ2) is 7.86. The summed E-state index contributed by atoms with van der Waals surface area (Å²) in [4.78, 5) is 32.8. The van der Waals surface area contributed by atoms with E-state index in [1.807, 2.05) is 30.3 Å². The number of carbonyl (C=O) groups excluding carboxylic acids is 3. The number of aldehydes is 1. The first-order valence-corrected chi connectivity index (χ1v) is 5.78. The summed E-state index contributed by atoms with van der Waals surface area (Å²) in [6.07, 6.45) is -0.161. The molecule has 1 aromatic rings. The Balaban J connectivity index is 2.32. The third-order valence-electron chi connectivity index (χ3n) is 2.25. The Morgan fingerprint density at radius 3 is 2.58 bits per heavy atom. The van der Waals surface area contributed by atoms with Gasteiger partial charge >= 0.3 is 6.09 Å². The number of rotatable bonds is 6. The van der Waals surface area contributed by atoms with E-state index in [0.717, 1.165) is 5.56 Å². The molecule has 2 N–H and O–H groups in total. The summed E-state index contributed by atoms with van der Waals surface area (Å²) in [5.74, 6) is -0.272. The van der Waals surface area contributed by atoms with Gasteiger partial charge in [-0.2, -0.15) is 0 Å². The van der Waals surface area contributed by atoms with Crippen LogP contribution < -0.4 is 10.6 Å². The van der Waals surface area contributed by atoms with Crippen LogP contribution in [0.4, 0.5) is 4.79 Å². The minimum Gasteiger partial charge on any atom is -0.445 e. The Labute approximate surface area is 111 Å². The smallest absolute Gasteiger partial charge is 0.408 e. The highest BCUT2D eigenvalue weighted by Gasteiger charge is 2.12. The van der Waals surface area contributed by atoms with Crippen molar-refractivity contribution < 1.29 is 19.1 Å². The quantitative estimate of drug-likeness (QED) is 0.737. The van der Waals surface area contributed by atoms with E-state index in [9.17, 15) is 14.4 Å². The van der Waals surface area contributed by atoms with Crippen LogP contribution in [0.3, 0.4) is 0 Å². The van der Waals surface area contributed by atoms with Crippen LogP contribution in [-0.4, -0.2) is 30.9 Å². The highest BCUT2D eigenvalue weighted by atomic mass is 16.5. The SMILES string of the molecule is CC(=O)NCC(C=O)NC(=O)OCc1ccccc1. The minimum absolute atomic E-state index is 0.0409. The number of amides is 2. The van der Waals surface area contributed by atoms with Gasteiger partial charge in [0.25, 0.3) is 0 Å². The summed E-state index contributed by atoms with van der Waals surface area (Å²) in [5, 5.41) is 4.78. The van der Waals surface area contributed by atoms with Crippen LogP contribution in [-0.2, 0) is 20.9 Å². The van der Waals surface area contributed by atoms with Gasteiger partial charge in [0.2, 0.25) is 5.91 Å². The van der Waals surface area contributed by atoms with Crippen LogP contribution in [0.25, 0.3) is 0 Å². The molecule has 0 fully saturated rings. The third kappa shape index (κ3) is 6.21. The zero-order valence-corrected chi connectivity index (χ0v) is 10.6. The van der Waals surface area contributed by atoms with Gasteiger partial charge in [0.1, 0.15) is 18.9 Å². The van der Waals surface area contributed by atoms with Crippen molar-refractivity contribution in [3.63, 3.8) is 0 Å². The molecule has 2 amide bonds. The van der Waals surface area contributed by atoms with Crippen LogP contribution in [0.15, 0.2) is 30.3 Å². The second-order valence-corrected chi connectivity index (χ2v) is 3.89. The fraction of sp³-hybridized carbons (Fsp3) is 0.308. The molecule has 0 aliphatic carbocycles. The lowest BCUT2D eigenvalue weighted by molar-refractivity contribution is -0.119. The number of ether oxygens (including phenoxy) is 1. The fourth-order valence-corrected chi connectivity index (χ4v) is 1.30. The molecule has 0 aromatic heterocycles. The van der Waals surface area contributed by atoms with Crippen molar-refractivity contribution in [2.24, 2.45) is 0 Å². The molecule has 0 saturated heterocycles. The van der Waals surface area contributed by atoms with Gasteiger partial charge in [0.05, 0.1) is 0 Å². The Hall–Kier alpha value is -2.37. The van der Waals surface area contributed by atoms with Crippen molar-refractivity contribution >= 4 is 18.3 Å². The fourth-order valence-electron chi connectivity index (χ4n) is 1.30. The minimum atomic E-state index is -0.799. The first kappa shape index (κ1) is 14.7. The number of nitrogens with one attached hydrogen (secondary N) is 2. The van der Waals surface area contributed by atoms with Crippen molar-refractivity contribution in [2.45, 2.75) is 19.6 Å². The van der Waals surface area contributed by atoms with E-state index in [0.29, 0.717) is 6.29 Å². The van der Waals surface area contributed by atoms with Gasteiger partial charge in [-0.15, -0.1) is 0 Å². The lowest BCUT2D eigenvalue weighted by Crippen LogP contribution is -2.44. The molecule has 102 valence electrons. The zero-order chi connectivity index (χ0) is 14.1. The van der Waals surface area contributed by atoms with E-state index in [4.69, 9.17) is 4.74 Å². The van der Waals surface area contributed by atoms with Crippen LogP contribution in [0.5, 0.6) is 0 Å². The number of benzene rings is 1. The number of alkyl carbamates (subject to hydrolysis) is 1. The van der Waals surface area contributed by atoms with Gasteiger partial charge < -0.3 is 20.2 Å². The number of hydrogen-bond acceptors (Lipinski definition) is 4. The van der Waals surface area contributed by atoms with Gasteiger partial charge in [0.15, 0.2) is 0 Å². The monoisotopic (exact) mass is 264 g/mol. The summed E-state index contributed by atoms with van der Waals surface area (Å²) < 4.78 is 4.95. The average molecular weight is 264 g/mol. The van der Waals surface area contributed by atoms with E-state index < -0.39 is 12.1 Å². The summed E-state index contributed by atoms with van der Waals surface area (Å²) >= 11 is 0. The van der Waals surface area contributed by atoms with Gasteiger partial charge in [0, 0.05) is 13.5 Å². The molecule has 1 rings (SSSR count). The van der Waals surface area contributed by atoms with Crippen LogP contribution in [0.1, 0.15) is 12.5 Å². The molecule has 0 spiro atoms. The third-order valence-corrected chi connectivity index (χ3v) is 2.25. The molecule has 19 heavy (non-hydrogen) atoms. The van der Waals surface area contributed by atoms with E-state index >= 15 is 0 Å². The summed E-state index contributed by atoms with van der Waals surface area (Å²) in [7, 11) is 0. The molecule has 1 unspecified atom stereocenters. The summed E-state index contributed by atoms with van der Waals surface area (Å²) in [5.41, 5.74) is 0.849. The summed E-state index contributed by atoms with van der Waals surface area (Å²) in [6, 6.07) is 8.37. The van der Waals surface area contributed by atoms with Crippen molar-refractivity contribution in [3.05, 3.63) is 35.9 Å². The van der Waals surface area contributed by atoms with E-state index in [1.54, 1.807) is 0 Å². The Morgan fingerprint density at radius 1 is 1.32 bits per heavy atom. The van der Waals surface area contributed by atoms with E-state index in [2.05, 4.69) is 10.6 Å². The van der Waals surface area contributed by atoms with Crippen LogP contribution in [0.2, 0.25) is 0 Å². The molecule has 1 aromatic carbocycles. The number of hydrogen-bond donors (Lipinski definition) is 2. The Kier molecular flexibility index (Phi) is 6.08. The van der Waals surface area contributed by atoms with Crippen molar-refractivity contribution in [2.75, 3.05) is 6.54 Å².